The predicted molar refractivity (Wildman–Crippen MR) is 95.8 cm³/mol. The Bertz CT molecular complexity index is 534. The maximum atomic E-state index is 11.0. The second kappa shape index (κ2) is 10.6. The van der Waals surface area contributed by atoms with Crippen LogP contribution in [-0.4, -0.2) is 44.4 Å². The molecule has 0 saturated carbocycles. The van der Waals surface area contributed by atoms with Crippen LogP contribution >= 0.6 is 23.4 Å². The van der Waals surface area contributed by atoms with E-state index in [0.29, 0.717) is 5.75 Å². The predicted octanol–water partition coefficient (Wildman–Crippen LogP) is 3.47. The molecule has 0 bridgehead atoms. The van der Waals surface area contributed by atoms with Crippen LogP contribution in [0.1, 0.15) is 37.7 Å². The van der Waals surface area contributed by atoms with E-state index in [9.17, 15) is 14.7 Å². The van der Waals surface area contributed by atoms with Crippen molar-refractivity contribution in [2.75, 3.05) is 11.5 Å². The maximum absolute atomic E-state index is 11.0. The summed E-state index contributed by atoms with van der Waals surface area (Å²) >= 11 is 7.11. The summed E-state index contributed by atoms with van der Waals surface area (Å²) in [6.45, 7) is 0. The Labute approximate surface area is 151 Å². The zero-order chi connectivity index (χ0) is 18.0. The lowest BCUT2D eigenvalue weighted by atomic mass is 10.0. The molecule has 24 heavy (non-hydrogen) atoms. The van der Waals surface area contributed by atoms with Crippen molar-refractivity contribution < 1.29 is 24.9 Å². The summed E-state index contributed by atoms with van der Waals surface area (Å²) in [6, 6.07) is 7.81. The van der Waals surface area contributed by atoms with Gasteiger partial charge in [0.2, 0.25) is 0 Å². The van der Waals surface area contributed by atoms with Crippen molar-refractivity contribution >= 4 is 35.3 Å². The van der Waals surface area contributed by atoms with Crippen molar-refractivity contribution in [2.45, 2.75) is 44.1 Å². The summed E-state index contributed by atoms with van der Waals surface area (Å²) in [5.41, 5.74) is -0.931. The highest BCUT2D eigenvalue weighted by molar-refractivity contribution is 7.99. The van der Waals surface area contributed by atoms with Crippen molar-refractivity contribution in [1.29, 1.82) is 0 Å². The number of carbonyl (C=O) groups is 2. The third-order valence-corrected chi connectivity index (χ3v) is 5.11. The minimum atomic E-state index is -2.19. The molecule has 0 aliphatic heterocycles. The monoisotopic (exact) mass is 374 g/mol. The van der Waals surface area contributed by atoms with Gasteiger partial charge in [-0.2, -0.15) is 11.8 Å². The van der Waals surface area contributed by atoms with Crippen molar-refractivity contribution in [3.8, 4) is 0 Å². The van der Waals surface area contributed by atoms with Crippen LogP contribution in [0.3, 0.4) is 0 Å². The number of carboxylic acid groups (broad SMARTS) is 2. The van der Waals surface area contributed by atoms with E-state index < -0.39 is 24.0 Å². The first kappa shape index (κ1) is 20.8. The number of halogens is 1. The van der Waals surface area contributed by atoms with E-state index in [1.54, 1.807) is 0 Å². The fourth-order valence-electron chi connectivity index (χ4n) is 2.22. The standard InChI is InChI=1S/C17H23ClO5S/c18-14-8-6-13(7-9-14)5-3-1-2-4-10-24-12-17(23,16(21)22)11-15(19)20/h6-9,23H,1-5,10-12H2,(H,19,20)(H,21,22)/t17-/m0/s1. The average Bonchev–Trinajstić information content (AvgIpc) is 2.51. The molecule has 0 spiro atoms. The number of aliphatic hydroxyl groups is 1. The van der Waals surface area contributed by atoms with Crippen LogP contribution in [0.5, 0.6) is 0 Å². The molecule has 0 unspecified atom stereocenters. The highest BCUT2D eigenvalue weighted by atomic mass is 35.5. The molecule has 7 heteroatoms. The molecular weight excluding hydrogens is 352 g/mol. The second-order valence-electron chi connectivity index (χ2n) is 5.75. The van der Waals surface area contributed by atoms with Crippen LogP contribution < -0.4 is 0 Å². The van der Waals surface area contributed by atoms with Gasteiger partial charge in [-0.3, -0.25) is 4.79 Å². The number of aryl methyl sites for hydroxylation is 1. The van der Waals surface area contributed by atoms with Gasteiger partial charge >= 0.3 is 11.9 Å². The fourth-order valence-corrected chi connectivity index (χ4v) is 3.46. The summed E-state index contributed by atoms with van der Waals surface area (Å²) in [6.07, 6.45) is 4.29. The van der Waals surface area contributed by atoms with Gasteiger partial charge in [-0.1, -0.05) is 36.6 Å². The van der Waals surface area contributed by atoms with Gasteiger partial charge in [-0.05, 0) is 42.7 Å². The molecule has 1 aromatic rings. The number of benzene rings is 1. The van der Waals surface area contributed by atoms with Gasteiger partial charge in [0.05, 0.1) is 6.42 Å². The molecule has 0 fully saturated rings. The van der Waals surface area contributed by atoms with Crippen LogP contribution in [0.4, 0.5) is 0 Å². The van der Waals surface area contributed by atoms with Gasteiger partial charge in [0, 0.05) is 10.8 Å². The summed E-state index contributed by atoms with van der Waals surface area (Å²) in [5.74, 6) is -2.21. The van der Waals surface area contributed by atoms with E-state index in [1.807, 2.05) is 24.3 Å². The van der Waals surface area contributed by atoms with E-state index in [4.69, 9.17) is 21.8 Å². The van der Waals surface area contributed by atoms with Gasteiger partial charge in [0.1, 0.15) is 0 Å². The Morgan fingerprint density at radius 3 is 2.25 bits per heavy atom. The van der Waals surface area contributed by atoms with Crippen molar-refractivity contribution in [3.05, 3.63) is 34.9 Å². The van der Waals surface area contributed by atoms with Crippen molar-refractivity contribution in [2.24, 2.45) is 0 Å². The van der Waals surface area contributed by atoms with Gasteiger partial charge in [0.25, 0.3) is 0 Å². The molecule has 134 valence electrons. The Kier molecular flexibility index (Phi) is 9.18. The number of carboxylic acids is 2. The average molecular weight is 375 g/mol. The number of rotatable bonds is 12. The lowest BCUT2D eigenvalue weighted by Gasteiger charge is -2.20. The zero-order valence-electron chi connectivity index (χ0n) is 13.4. The summed E-state index contributed by atoms with van der Waals surface area (Å²) in [5, 5.41) is 28.2. The van der Waals surface area contributed by atoms with E-state index in [-0.39, 0.29) is 5.75 Å². The molecule has 0 aliphatic carbocycles. The highest BCUT2D eigenvalue weighted by Gasteiger charge is 2.38. The largest absolute Gasteiger partial charge is 0.481 e. The Morgan fingerprint density at radius 1 is 1.04 bits per heavy atom. The molecule has 0 saturated heterocycles. The lowest BCUT2D eigenvalue weighted by molar-refractivity contribution is -0.162. The smallest absolute Gasteiger partial charge is 0.337 e. The number of unbranched alkanes of at least 4 members (excludes halogenated alkanes) is 3. The van der Waals surface area contributed by atoms with Crippen LogP contribution in [0.15, 0.2) is 24.3 Å². The molecule has 3 N–H and O–H groups in total. The van der Waals surface area contributed by atoms with Crippen molar-refractivity contribution in [1.82, 2.24) is 0 Å². The van der Waals surface area contributed by atoms with Crippen LogP contribution in [0.2, 0.25) is 5.02 Å². The van der Waals surface area contributed by atoms with E-state index >= 15 is 0 Å². The Morgan fingerprint density at radius 2 is 1.67 bits per heavy atom. The molecular formula is C17H23ClO5S. The first-order valence-electron chi connectivity index (χ1n) is 7.83. The summed E-state index contributed by atoms with van der Waals surface area (Å²) in [4.78, 5) is 21.6. The SMILES string of the molecule is O=C(O)C[C@](O)(CSCCCCCCc1ccc(Cl)cc1)C(=O)O. The summed E-state index contributed by atoms with van der Waals surface area (Å²) in [7, 11) is 0. The van der Waals surface area contributed by atoms with E-state index in [1.165, 1.54) is 17.3 Å². The molecule has 0 amide bonds. The molecule has 5 nitrogen and oxygen atoms in total. The van der Waals surface area contributed by atoms with Gasteiger partial charge in [-0.25, -0.2) is 4.79 Å². The minimum absolute atomic E-state index is 0.112. The second-order valence-corrected chi connectivity index (χ2v) is 7.29. The minimum Gasteiger partial charge on any atom is -0.481 e. The Hall–Kier alpha value is -1.24. The Balaban J connectivity index is 2.12. The van der Waals surface area contributed by atoms with Crippen LogP contribution in [-0.2, 0) is 16.0 Å². The third kappa shape index (κ3) is 8.04. The van der Waals surface area contributed by atoms with Gasteiger partial charge in [0.15, 0.2) is 5.60 Å². The topological polar surface area (TPSA) is 94.8 Å². The fraction of sp³-hybridized carbons (Fsp3) is 0.529. The van der Waals surface area contributed by atoms with Gasteiger partial charge in [-0.15, -0.1) is 0 Å². The van der Waals surface area contributed by atoms with E-state index in [2.05, 4.69) is 0 Å². The molecule has 0 heterocycles. The molecule has 1 atom stereocenters. The molecule has 0 radical (unpaired) electrons. The van der Waals surface area contributed by atoms with Crippen LogP contribution in [0.25, 0.3) is 0 Å². The molecule has 1 aromatic carbocycles. The maximum Gasteiger partial charge on any atom is 0.337 e. The number of thioether (sulfide) groups is 1. The quantitative estimate of drug-likeness (QED) is 0.485. The van der Waals surface area contributed by atoms with Crippen molar-refractivity contribution in [3.63, 3.8) is 0 Å². The molecule has 0 aliphatic rings. The number of hydrogen-bond donors (Lipinski definition) is 3. The number of aliphatic carboxylic acids is 2. The first-order valence-corrected chi connectivity index (χ1v) is 9.36. The first-order chi connectivity index (χ1) is 11.3. The zero-order valence-corrected chi connectivity index (χ0v) is 15.0. The normalized spacial score (nSPS) is 13.4. The highest BCUT2D eigenvalue weighted by Crippen LogP contribution is 2.20. The van der Waals surface area contributed by atoms with Crippen LogP contribution in [0, 0.1) is 0 Å². The van der Waals surface area contributed by atoms with E-state index in [0.717, 1.165) is 37.1 Å². The molecule has 1 rings (SSSR count). The number of hydrogen-bond acceptors (Lipinski definition) is 4. The molecule has 0 aromatic heterocycles. The lowest BCUT2D eigenvalue weighted by Crippen LogP contribution is -2.43. The summed E-state index contributed by atoms with van der Waals surface area (Å²) < 4.78 is 0. The third-order valence-electron chi connectivity index (χ3n) is 3.60. The van der Waals surface area contributed by atoms with Gasteiger partial charge < -0.3 is 15.3 Å².